The minimum absolute atomic E-state index is 0.0426. The lowest BCUT2D eigenvalue weighted by molar-refractivity contribution is 0.0937. The van der Waals surface area contributed by atoms with Crippen LogP contribution in [-0.2, 0) is 6.42 Å². The third-order valence-corrected chi connectivity index (χ3v) is 4.97. The average Bonchev–Trinajstić information content (AvgIpc) is 3.10. The van der Waals surface area contributed by atoms with Crippen LogP contribution in [0.2, 0.25) is 0 Å². The topological polar surface area (TPSA) is 92.5 Å². The smallest absolute Gasteiger partial charge is 0.298 e. The van der Waals surface area contributed by atoms with Gasteiger partial charge in [-0.3, -0.25) is 9.59 Å². The van der Waals surface area contributed by atoms with Gasteiger partial charge in [-0.25, -0.2) is 9.50 Å². The van der Waals surface area contributed by atoms with Gasteiger partial charge in [0.2, 0.25) is 5.82 Å². The molecule has 1 N–H and O–H groups in total. The second-order valence-corrected chi connectivity index (χ2v) is 7.68. The van der Waals surface area contributed by atoms with Crippen LogP contribution in [0.25, 0.3) is 5.78 Å². The summed E-state index contributed by atoms with van der Waals surface area (Å²) in [6.45, 7) is 8.20. The van der Waals surface area contributed by atoms with Gasteiger partial charge in [-0.05, 0) is 64.3 Å². The molecule has 150 valence electrons. The van der Waals surface area contributed by atoms with E-state index in [-0.39, 0.29) is 23.7 Å². The first-order valence-electron chi connectivity index (χ1n) is 9.81. The summed E-state index contributed by atoms with van der Waals surface area (Å²) in [5, 5.41) is 7.31. The summed E-state index contributed by atoms with van der Waals surface area (Å²) in [6.07, 6.45) is 1.52. The lowest BCUT2D eigenvalue weighted by Gasteiger charge is -2.30. The van der Waals surface area contributed by atoms with Gasteiger partial charge >= 0.3 is 0 Å². The first-order chi connectivity index (χ1) is 13.8. The van der Waals surface area contributed by atoms with E-state index < -0.39 is 0 Å². The van der Waals surface area contributed by atoms with Crippen LogP contribution in [0.1, 0.15) is 58.2 Å². The maximum Gasteiger partial charge on any atom is 0.298 e. The maximum atomic E-state index is 13.2. The van der Waals surface area contributed by atoms with Gasteiger partial charge in [-0.15, -0.1) is 5.10 Å². The van der Waals surface area contributed by atoms with Crippen LogP contribution in [0.15, 0.2) is 24.3 Å². The van der Waals surface area contributed by atoms with E-state index in [4.69, 9.17) is 0 Å². The van der Waals surface area contributed by atoms with Gasteiger partial charge in [-0.1, -0.05) is 6.07 Å². The van der Waals surface area contributed by atoms with Crippen molar-refractivity contribution in [3.8, 4) is 0 Å². The summed E-state index contributed by atoms with van der Waals surface area (Å²) in [6, 6.07) is 7.43. The monoisotopic (exact) mass is 392 g/mol. The molecule has 29 heavy (non-hydrogen) atoms. The van der Waals surface area contributed by atoms with Crippen LogP contribution < -0.4 is 10.2 Å². The van der Waals surface area contributed by atoms with E-state index in [1.165, 1.54) is 0 Å². The van der Waals surface area contributed by atoms with Crippen molar-refractivity contribution in [1.29, 1.82) is 0 Å². The molecule has 0 fully saturated rings. The molecule has 0 unspecified atom stereocenters. The fourth-order valence-corrected chi connectivity index (χ4v) is 3.77. The average molecular weight is 392 g/mol. The van der Waals surface area contributed by atoms with Crippen LogP contribution in [0.5, 0.6) is 0 Å². The van der Waals surface area contributed by atoms with Gasteiger partial charge in [0.15, 0.2) is 0 Å². The van der Waals surface area contributed by atoms with E-state index in [1.807, 2.05) is 52.0 Å². The largest absolute Gasteiger partial charge is 0.350 e. The third-order valence-electron chi connectivity index (χ3n) is 4.97. The number of nitrogens with zero attached hydrogens (tertiary/aromatic N) is 5. The number of anilines is 1. The first-order valence-corrected chi connectivity index (χ1v) is 9.81. The molecule has 0 radical (unpaired) electrons. The Morgan fingerprint density at radius 1 is 1.17 bits per heavy atom. The highest BCUT2D eigenvalue weighted by Gasteiger charge is 2.29. The molecule has 1 aromatic carbocycles. The summed E-state index contributed by atoms with van der Waals surface area (Å²) < 4.78 is 1.58. The van der Waals surface area contributed by atoms with Crippen LogP contribution in [0.4, 0.5) is 5.69 Å². The lowest BCUT2D eigenvalue weighted by Crippen LogP contribution is -2.38. The third kappa shape index (κ3) is 3.46. The van der Waals surface area contributed by atoms with E-state index in [0.717, 1.165) is 35.5 Å². The predicted molar refractivity (Wildman–Crippen MR) is 109 cm³/mol. The number of hydrogen-bond acceptors (Lipinski definition) is 5. The van der Waals surface area contributed by atoms with Crippen LogP contribution in [0.3, 0.4) is 0 Å². The summed E-state index contributed by atoms with van der Waals surface area (Å²) in [5.41, 5.74) is 3.94. The van der Waals surface area contributed by atoms with Crippen molar-refractivity contribution < 1.29 is 9.59 Å². The minimum Gasteiger partial charge on any atom is -0.350 e. The fraction of sp³-hybridized carbons (Fsp3) is 0.381. The van der Waals surface area contributed by atoms with Gasteiger partial charge in [0.25, 0.3) is 17.6 Å². The maximum absolute atomic E-state index is 13.2. The molecule has 0 saturated carbocycles. The molecule has 0 bridgehead atoms. The van der Waals surface area contributed by atoms with E-state index in [2.05, 4.69) is 20.4 Å². The minimum atomic E-state index is -0.282. The van der Waals surface area contributed by atoms with E-state index in [9.17, 15) is 9.59 Å². The molecule has 4 rings (SSSR count). The second kappa shape index (κ2) is 7.27. The molecule has 1 aliphatic heterocycles. The molecule has 2 amide bonds. The number of rotatable bonds is 3. The number of aryl methyl sites for hydroxylation is 2. The Balaban J connectivity index is 1.72. The zero-order chi connectivity index (χ0) is 20.7. The number of carbonyl (C=O) groups excluding carboxylic acids is 2. The highest BCUT2D eigenvalue weighted by Crippen LogP contribution is 2.31. The SMILES string of the molecule is Cc1cc(C)n2nc(C(=O)N3CCCc4c(C(=O)NC(C)C)cccc43)nc2n1. The molecule has 0 atom stereocenters. The van der Waals surface area contributed by atoms with Crippen molar-refractivity contribution in [2.45, 2.75) is 46.6 Å². The number of aromatic nitrogens is 4. The van der Waals surface area contributed by atoms with Crippen LogP contribution in [-0.4, -0.2) is 44.0 Å². The Labute approximate surface area is 169 Å². The number of hydrogen-bond donors (Lipinski definition) is 1. The van der Waals surface area contributed by atoms with Gasteiger partial charge < -0.3 is 10.2 Å². The molecule has 0 aliphatic carbocycles. The van der Waals surface area contributed by atoms with Gasteiger partial charge in [0, 0.05) is 35.2 Å². The molecule has 8 nitrogen and oxygen atoms in total. The quantitative estimate of drug-likeness (QED) is 0.739. The molecule has 1 aliphatic rings. The van der Waals surface area contributed by atoms with Gasteiger partial charge in [0.05, 0.1) is 0 Å². The van der Waals surface area contributed by atoms with Crippen molar-refractivity contribution in [3.05, 3.63) is 52.6 Å². The number of carbonyl (C=O) groups is 2. The van der Waals surface area contributed by atoms with Crippen LogP contribution >= 0.6 is 0 Å². The number of amides is 2. The number of nitrogens with one attached hydrogen (secondary N) is 1. The summed E-state index contributed by atoms with van der Waals surface area (Å²) in [7, 11) is 0. The lowest BCUT2D eigenvalue weighted by atomic mass is 9.95. The zero-order valence-corrected chi connectivity index (χ0v) is 17.1. The van der Waals surface area contributed by atoms with Crippen molar-refractivity contribution >= 4 is 23.3 Å². The molecule has 3 aromatic rings. The predicted octanol–water partition coefficient (Wildman–Crippen LogP) is 2.47. The Kier molecular flexibility index (Phi) is 4.77. The zero-order valence-electron chi connectivity index (χ0n) is 17.1. The highest BCUT2D eigenvalue weighted by molar-refractivity contribution is 6.06. The normalized spacial score (nSPS) is 13.6. The highest BCUT2D eigenvalue weighted by atomic mass is 16.2. The Morgan fingerprint density at radius 3 is 2.72 bits per heavy atom. The van der Waals surface area contributed by atoms with Crippen LogP contribution in [0, 0.1) is 13.8 Å². The van der Waals surface area contributed by atoms with Gasteiger partial charge in [-0.2, -0.15) is 4.98 Å². The Bertz CT molecular complexity index is 1120. The summed E-state index contributed by atoms with van der Waals surface area (Å²) >= 11 is 0. The van der Waals surface area contributed by atoms with Crippen molar-refractivity contribution in [2.24, 2.45) is 0 Å². The molecule has 8 heteroatoms. The molecular weight excluding hydrogens is 368 g/mol. The van der Waals surface area contributed by atoms with Crippen molar-refractivity contribution in [1.82, 2.24) is 24.9 Å². The Hall–Kier alpha value is -3.29. The summed E-state index contributed by atoms with van der Waals surface area (Å²) in [5.74, 6) is 0.117. The molecular formula is C21H24N6O2. The number of benzene rings is 1. The fourth-order valence-electron chi connectivity index (χ4n) is 3.77. The van der Waals surface area contributed by atoms with Gasteiger partial charge in [0.1, 0.15) is 0 Å². The van der Waals surface area contributed by atoms with Crippen molar-refractivity contribution in [3.63, 3.8) is 0 Å². The summed E-state index contributed by atoms with van der Waals surface area (Å²) in [4.78, 5) is 36.2. The first kappa shape index (κ1) is 19.0. The molecule has 2 aromatic heterocycles. The van der Waals surface area contributed by atoms with E-state index >= 15 is 0 Å². The number of fused-ring (bicyclic) bond motifs is 2. The molecule has 3 heterocycles. The van der Waals surface area contributed by atoms with E-state index in [1.54, 1.807) is 9.42 Å². The standard InChI is InChI=1S/C21H24N6O2/c1-12(2)22-19(28)16-7-5-9-17-15(16)8-6-10-26(17)20(29)18-24-21-23-13(3)11-14(4)27(21)25-18/h5,7,9,11-12H,6,8,10H2,1-4H3,(H,22,28). The second-order valence-electron chi connectivity index (χ2n) is 7.68. The van der Waals surface area contributed by atoms with E-state index in [0.29, 0.717) is 17.9 Å². The Morgan fingerprint density at radius 2 is 1.97 bits per heavy atom. The molecule has 0 spiro atoms. The molecule has 0 saturated heterocycles. The van der Waals surface area contributed by atoms with Crippen molar-refractivity contribution in [2.75, 3.05) is 11.4 Å².